The van der Waals surface area contributed by atoms with E-state index in [1.165, 1.54) is 22.4 Å². The molecule has 1 unspecified atom stereocenters. The van der Waals surface area contributed by atoms with Crippen LogP contribution in [0.3, 0.4) is 0 Å². The van der Waals surface area contributed by atoms with E-state index in [4.69, 9.17) is 9.72 Å². The minimum Gasteiger partial charge on any atom is -0.496 e. The fourth-order valence-corrected chi connectivity index (χ4v) is 6.03. The Kier molecular flexibility index (Phi) is 5.35. The summed E-state index contributed by atoms with van der Waals surface area (Å²) in [5, 5.41) is 3.04. The number of carbonyl (C=O) groups excluding carboxylic acids is 1. The smallest absolute Gasteiger partial charge is 0.255 e. The standard InChI is InChI=1S/C26H35N3O2/c1-15(2)13-28-24(30)19-10-17-8-9-22-25(4,5)23-18(14-27-16(3)29-23)12-26(22,6)20(17)11-21(19)31-7/h10-11,14-15,22H,8-9,12-13H2,1-7H3,(H,28,30)/t22?,26-/m1/s1. The highest BCUT2D eigenvalue weighted by molar-refractivity contribution is 5.97. The number of nitrogens with zero attached hydrogens (tertiary/aromatic N) is 2. The third-order valence-corrected chi connectivity index (χ3v) is 7.45. The average molecular weight is 422 g/mol. The molecule has 2 aromatic rings. The van der Waals surface area contributed by atoms with Crippen molar-refractivity contribution in [3.05, 3.63) is 52.1 Å². The largest absolute Gasteiger partial charge is 0.496 e. The van der Waals surface area contributed by atoms with Crippen LogP contribution in [0.4, 0.5) is 0 Å². The zero-order chi connectivity index (χ0) is 22.6. The van der Waals surface area contributed by atoms with Crippen LogP contribution in [-0.2, 0) is 23.7 Å². The molecule has 0 fully saturated rings. The molecule has 0 saturated carbocycles. The van der Waals surface area contributed by atoms with E-state index in [2.05, 4.69) is 57.1 Å². The lowest BCUT2D eigenvalue weighted by atomic mass is 9.50. The van der Waals surface area contributed by atoms with E-state index >= 15 is 0 Å². The first-order valence-electron chi connectivity index (χ1n) is 11.4. The van der Waals surface area contributed by atoms with Crippen LogP contribution in [0.15, 0.2) is 18.3 Å². The second-order valence-corrected chi connectivity index (χ2v) is 10.5. The normalized spacial score (nSPS) is 23.5. The van der Waals surface area contributed by atoms with Crippen molar-refractivity contribution in [3.8, 4) is 5.75 Å². The number of amides is 1. The molecule has 166 valence electrons. The van der Waals surface area contributed by atoms with Crippen LogP contribution >= 0.6 is 0 Å². The third-order valence-electron chi connectivity index (χ3n) is 7.45. The van der Waals surface area contributed by atoms with Crippen molar-refractivity contribution in [2.24, 2.45) is 11.8 Å². The van der Waals surface area contributed by atoms with Crippen LogP contribution in [0.2, 0.25) is 0 Å². The molecule has 0 aliphatic heterocycles. The van der Waals surface area contributed by atoms with Gasteiger partial charge in [-0.05, 0) is 66.8 Å². The monoisotopic (exact) mass is 421 g/mol. The van der Waals surface area contributed by atoms with E-state index < -0.39 is 0 Å². The zero-order valence-electron chi connectivity index (χ0n) is 19.9. The highest BCUT2D eigenvalue weighted by Gasteiger charge is 2.53. The van der Waals surface area contributed by atoms with Gasteiger partial charge in [0.25, 0.3) is 5.91 Å². The Morgan fingerprint density at radius 2 is 2.00 bits per heavy atom. The molecule has 0 bridgehead atoms. The average Bonchev–Trinajstić information content (AvgIpc) is 2.71. The fourth-order valence-electron chi connectivity index (χ4n) is 6.03. The predicted molar refractivity (Wildman–Crippen MR) is 123 cm³/mol. The van der Waals surface area contributed by atoms with Gasteiger partial charge in [-0.1, -0.05) is 34.6 Å². The topological polar surface area (TPSA) is 64.1 Å². The van der Waals surface area contributed by atoms with Crippen molar-refractivity contribution in [1.29, 1.82) is 0 Å². The first-order valence-corrected chi connectivity index (χ1v) is 11.4. The van der Waals surface area contributed by atoms with Crippen molar-refractivity contribution in [3.63, 3.8) is 0 Å². The number of carbonyl (C=O) groups is 1. The molecule has 0 spiro atoms. The van der Waals surface area contributed by atoms with Gasteiger partial charge in [-0.15, -0.1) is 0 Å². The quantitative estimate of drug-likeness (QED) is 0.788. The summed E-state index contributed by atoms with van der Waals surface area (Å²) >= 11 is 0. The number of fused-ring (bicyclic) bond motifs is 4. The number of rotatable bonds is 4. The molecule has 1 N–H and O–H groups in total. The Morgan fingerprint density at radius 3 is 2.68 bits per heavy atom. The number of hydrogen-bond donors (Lipinski definition) is 1. The van der Waals surface area contributed by atoms with Gasteiger partial charge < -0.3 is 10.1 Å². The summed E-state index contributed by atoms with van der Waals surface area (Å²) in [6.07, 6.45) is 4.97. The van der Waals surface area contributed by atoms with Crippen LogP contribution in [0.1, 0.15) is 79.6 Å². The van der Waals surface area contributed by atoms with Gasteiger partial charge in [0, 0.05) is 23.6 Å². The zero-order valence-corrected chi connectivity index (χ0v) is 19.9. The number of methoxy groups -OCH3 is 1. The minimum atomic E-state index is -0.0566. The molecule has 1 heterocycles. The van der Waals surface area contributed by atoms with Crippen molar-refractivity contribution >= 4 is 5.91 Å². The Hall–Kier alpha value is -2.43. The van der Waals surface area contributed by atoms with E-state index in [-0.39, 0.29) is 16.7 Å². The molecular weight excluding hydrogens is 386 g/mol. The molecule has 1 aromatic heterocycles. The van der Waals surface area contributed by atoms with E-state index in [0.29, 0.717) is 29.7 Å². The summed E-state index contributed by atoms with van der Waals surface area (Å²) in [5.74, 6) is 2.30. The van der Waals surface area contributed by atoms with Crippen LogP contribution in [0, 0.1) is 18.8 Å². The summed E-state index contributed by atoms with van der Waals surface area (Å²) in [4.78, 5) is 22.2. The third kappa shape index (κ3) is 3.52. The Labute approximate surface area is 186 Å². The van der Waals surface area contributed by atoms with E-state index in [1.807, 2.05) is 13.1 Å². The Balaban J connectivity index is 1.80. The van der Waals surface area contributed by atoms with E-state index in [0.717, 1.165) is 25.1 Å². The molecule has 1 amide bonds. The summed E-state index contributed by atoms with van der Waals surface area (Å²) in [5.41, 5.74) is 5.54. The number of aromatic nitrogens is 2. The summed E-state index contributed by atoms with van der Waals surface area (Å²) < 4.78 is 5.72. The lowest BCUT2D eigenvalue weighted by molar-refractivity contribution is 0.0944. The molecular formula is C26H35N3O2. The van der Waals surface area contributed by atoms with Crippen molar-refractivity contribution < 1.29 is 9.53 Å². The molecule has 5 heteroatoms. The van der Waals surface area contributed by atoms with Crippen LogP contribution in [0.5, 0.6) is 5.75 Å². The number of benzene rings is 1. The second-order valence-electron chi connectivity index (χ2n) is 10.5. The van der Waals surface area contributed by atoms with Gasteiger partial charge in [0.15, 0.2) is 0 Å². The molecule has 0 saturated heterocycles. The molecule has 2 atom stereocenters. The lowest BCUT2D eigenvalue weighted by Gasteiger charge is -2.54. The van der Waals surface area contributed by atoms with Gasteiger partial charge in [0.05, 0.1) is 18.4 Å². The molecule has 4 rings (SSSR count). The van der Waals surface area contributed by atoms with Crippen molar-refractivity contribution in [1.82, 2.24) is 15.3 Å². The number of nitrogens with one attached hydrogen (secondary N) is 1. The molecule has 31 heavy (non-hydrogen) atoms. The van der Waals surface area contributed by atoms with Gasteiger partial charge in [0.1, 0.15) is 11.6 Å². The maximum absolute atomic E-state index is 12.9. The Morgan fingerprint density at radius 1 is 1.26 bits per heavy atom. The van der Waals surface area contributed by atoms with Gasteiger partial charge in [-0.3, -0.25) is 4.79 Å². The lowest BCUT2D eigenvalue weighted by Crippen LogP contribution is -2.52. The van der Waals surface area contributed by atoms with E-state index in [1.54, 1.807) is 7.11 Å². The molecule has 2 aliphatic carbocycles. The molecule has 1 aromatic carbocycles. The van der Waals surface area contributed by atoms with Gasteiger partial charge in [0.2, 0.25) is 0 Å². The summed E-state index contributed by atoms with van der Waals surface area (Å²) in [6.45, 7) is 13.9. The van der Waals surface area contributed by atoms with Crippen LogP contribution < -0.4 is 10.1 Å². The van der Waals surface area contributed by atoms with Gasteiger partial charge in [-0.2, -0.15) is 0 Å². The number of hydrogen-bond acceptors (Lipinski definition) is 4. The van der Waals surface area contributed by atoms with Gasteiger partial charge in [-0.25, -0.2) is 9.97 Å². The predicted octanol–water partition coefficient (Wildman–Crippen LogP) is 4.53. The van der Waals surface area contributed by atoms with Crippen molar-refractivity contribution in [2.75, 3.05) is 13.7 Å². The van der Waals surface area contributed by atoms with Crippen LogP contribution in [-0.4, -0.2) is 29.5 Å². The van der Waals surface area contributed by atoms with Crippen molar-refractivity contribution in [2.45, 2.75) is 71.6 Å². The highest BCUT2D eigenvalue weighted by atomic mass is 16.5. The summed E-state index contributed by atoms with van der Waals surface area (Å²) in [6, 6.07) is 4.20. The fraction of sp³-hybridized carbons (Fsp3) is 0.577. The van der Waals surface area contributed by atoms with Gasteiger partial charge >= 0.3 is 0 Å². The number of ether oxygens (including phenoxy) is 1. The first-order chi connectivity index (χ1) is 14.6. The molecule has 0 radical (unpaired) electrons. The second kappa shape index (κ2) is 7.61. The first kappa shape index (κ1) is 21.8. The Bertz CT molecular complexity index is 1030. The maximum Gasteiger partial charge on any atom is 0.255 e. The minimum absolute atomic E-state index is 0.0474. The molecule has 2 aliphatic rings. The molecule has 5 nitrogen and oxygen atoms in total. The maximum atomic E-state index is 12.9. The highest BCUT2D eigenvalue weighted by Crippen LogP contribution is 2.56. The summed E-state index contributed by atoms with van der Waals surface area (Å²) in [7, 11) is 1.65. The number of aryl methyl sites for hydroxylation is 2. The SMILES string of the molecule is COc1cc2c(cc1C(=O)NCC(C)C)CCC1C(C)(C)c3nc(C)ncc3C[C@]21C. The van der Waals surface area contributed by atoms with E-state index in [9.17, 15) is 4.79 Å². The van der Waals surface area contributed by atoms with Crippen LogP contribution in [0.25, 0.3) is 0 Å².